The second-order valence-corrected chi connectivity index (χ2v) is 14.8. The Morgan fingerprint density at radius 3 is 2.33 bits per heavy atom. The van der Waals surface area contributed by atoms with Crippen LogP contribution in [-0.2, 0) is 9.84 Å². The SMILES string of the molecule is COc1cc(N2CCN(C3CCN(C)CC3)CC2)ccc1Nc1nc(N)c2c(-c3ccccc3S(=O)(=O)C(C)C)cccc2n1. The Morgan fingerprint density at radius 2 is 1.62 bits per heavy atom. The Labute approximate surface area is 266 Å². The molecule has 2 aliphatic heterocycles. The number of aromatic nitrogens is 2. The summed E-state index contributed by atoms with van der Waals surface area (Å²) in [5.74, 6) is 1.28. The number of hydrogen-bond acceptors (Lipinski definition) is 10. The maximum absolute atomic E-state index is 13.2. The van der Waals surface area contributed by atoms with E-state index in [1.807, 2.05) is 30.3 Å². The van der Waals surface area contributed by atoms with Crippen LogP contribution in [0.3, 0.4) is 0 Å². The number of nitrogen functional groups attached to an aromatic ring is 1. The molecule has 0 aliphatic carbocycles. The van der Waals surface area contributed by atoms with Gasteiger partial charge in [-0.3, -0.25) is 4.90 Å². The molecule has 0 saturated carbocycles. The molecule has 45 heavy (non-hydrogen) atoms. The van der Waals surface area contributed by atoms with E-state index < -0.39 is 15.1 Å². The molecule has 0 unspecified atom stereocenters. The first kappa shape index (κ1) is 31.1. The molecule has 3 heterocycles. The van der Waals surface area contributed by atoms with E-state index in [0.29, 0.717) is 39.8 Å². The highest BCUT2D eigenvalue weighted by Crippen LogP contribution is 2.38. The third kappa shape index (κ3) is 6.29. The Bertz CT molecular complexity index is 1780. The van der Waals surface area contributed by atoms with Crippen LogP contribution in [0.5, 0.6) is 5.75 Å². The van der Waals surface area contributed by atoms with Crippen molar-refractivity contribution in [3.05, 3.63) is 60.7 Å². The summed E-state index contributed by atoms with van der Waals surface area (Å²) < 4.78 is 32.2. The summed E-state index contributed by atoms with van der Waals surface area (Å²) in [6, 6.07) is 19.4. The van der Waals surface area contributed by atoms with E-state index >= 15 is 0 Å². The number of anilines is 4. The zero-order valence-corrected chi connectivity index (χ0v) is 27.3. The molecule has 0 spiro atoms. The molecular weight excluding hydrogens is 586 g/mol. The van der Waals surface area contributed by atoms with Gasteiger partial charge >= 0.3 is 0 Å². The molecular formula is C34H43N7O3S. The molecule has 0 amide bonds. The van der Waals surface area contributed by atoms with Gasteiger partial charge in [0.05, 0.1) is 33.8 Å². The molecule has 0 radical (unpaired) electrons. The van der Waals surface area contributed by atoms with Gasteiger partial charge in [0.15, 0.2) is 9.84 Å². The van der Waals surface area contributed by atoms with Crippen LogP contribution in [0.15, 0.2) is 65.6 Å². The van der Waals surface area contributed by atoms with Crippen LogP contribution in [0.4, 0.5) is 23.1 Å². The topological polar surface area (TPSA) is 117 Å². The Kier molecular flexibility index (Phi) is 8.85. The van der Waals surface area contributed by atoms with Crippen LogP contribution >= 0.6 is 0 Å². The number of nitrogens with zero attached hydrogens (tertiary/aromatic N) is 5. The van der Waals surface area contributed by atoms with Gasteiger partial charge in [0.2, 0.25) is 5.95 Å². The standard InChI is InChI=1S/C34H43N7O3S/c1-23(2)45(42,43)31-11-6-5-8-26(31)27-9-7-10-29-32(27)33(35)38-34(37-29)36-28-13-12-25(22-30(28)44-4)41-20-18-40(19-21-41)24-14-16-39(3)17-15-24/h5-13,22-24H,14-21H2,1-4H3,(H3,35,36,37,38). The minimum atomic E-state index is -3.53. The highest BCUT2D eigenvalue weighted by molar-refractivity contribution is 7.92. The van der Waals surface area contributed by atoms with Gasteiger partial charge in [-0.25, -0.2) is 13.4 Å². The molecule has 11 heteroatoms. The fraction of sp³-hybridized carbons (Fsp3) is 0.412. The van der Waals surface area contributed by atoms with Crippen LogP contribution in [0.25, 0.3) is 22.0 Å². The van der Waals surface area contributed by atoms with E-state index in [1.165, 1.54) is 25.9 Å². The third-order valence-electron chi connectivity index (χ3n) is 9.17. The van der Waals surface area contributed by atoms with Crippen molar-refractivity contribution in [2.75, 3.05) is 69.4 Å². The summed E-state index contributed by atoms with van der Waals surface area (Å²) in [5.41, 5.74) is 10.3. The lowest BCUT2D eigenvalue weighted by Crippen LogP contribution is -2.53. The number of piperazine rings is 1. The summed E-state index contributed by atoms with van der Waals surface area (Å²) in [7, 11) is 0.339. The highest BCUT2D eigenvalue weighted by atomic mass is 32.2. The zero-order valence-electron chi connectivity index (χ0n) is 26.5. The molecule has 2 saturated heterocycles. The van der Waals surface area contributed by atoms with Gasteiger partial charge in [-0.1, -0.05) is 30.3 Å². The predicted octanol–water partition coefficient (Wildman–Crippen LogP) is 5.03. The van der Waals surface area contributed by atoms with Crippen molar-refractivity contribution in [1.82, 2.24) is 19.8 Å². The van der Waals surface area contributed by atoms with Crippen LogP contribution < -0.4 is 20.7 Å². The molecule has 3 N–H and O–H groups in total. The van der Waals surface area contributed by atoms with Crippen LogP contribution in [0.2, 0.25) is 0 Å². The fourth-order valence-electron chi connectivity index (χ4n) is 6.49. The molecule has 0 bridgehead atoms. The average Bonchev–Trinajstić information content (AvgIpc) is 3.05. The zero-order chi connectivity index (χ0) is 31.7. The van der Waals surface area contributed by atoms with Crippen LogP contribution in [0.1, 0.15) is 26.7 Å². The van der Waals surface area contributed by atoms with E-state index in [1.54, 1.807) is 39.2 Å². The van der Waals surface area contributed by atoms with Gasteiger partial charge in [-0.2, -0.15) is 4.98 Å². The van der Waals surface area contributed by atoms with Crippen molar-refractivity contribution < 1.29 is 13.2 Å². The molecule has 10 nitrogen and oxygen atoms in total. The Hall–Kier alpha value is -3.93. The maximum atomic E-state index is 13.2. The number of nitrogens with one attached hydrogen (secondary N) is 1. The largest absolute Gasteiger partial charge is 0.494 e. The first-order valence-electron chi connectivity index (χ1n) is 15.7. The van der Waals surface area contributed by atoms with Gasteiger partial charge < -0.3 is 25.6 Å². The second-order valence-electron chi connectivity index (χ2n) is 12.3. The monoisotopic (exact) mass is 629 g/mol. The number of likely N-dealkylation sites (tertiary alicyclic amines) is 1. The Balaban J connectivity index is 1.23. The normalized spacial score (nSPS) is 17.2. The fourth-order valence-corrected chi connectivity index (χ4v) is 7.75. The number of rotatable bonds is 8. The first-order valence-corrected chi connectivity index (χ1v) is 17.2. The number of benzene rings is 3. The van der Waals surface area contributed by atoms with Gasteiger partial charge in [-0.05, 0) is 76.7 Å². The third-order valence-corrected chi connectivity index (χ3v) is 11.4. The summed E-state index contributed by atoms with van der Waals surface area (Å²) in [5, 5.41) is 3.34. The van der Waals surface area contributed by atoms with Gasteiger partial charge in [-0.15, -0.1) is 0 Å². The van der Waals surface area contributed by atoms with Crippen LogP contribution in [-0.4, -0.2) is 92.9 Å². The highest BCUT2D eigenvalue weighted by Gasteiger charge is 2.27. The van der Waals surface area contributed by atoms with Crippen molar-refractivity contribution in [2.24, 2.45) is 0 Å². The minimum absolute atomic E-state index is 0.257. The van der Waals surface area contributed by atoms with Gasteiger partial charge in [0.1, 0.15) is 11.6 Å². The van der Waals surface area contributed by atoms with E-state index in [-0.39, 0.29) is 10.7 Å². The Morgan fingerprint density at radius 1 is 0.911 bits per heavy atom. The lowest BCUT2D eigenvalue weighted by atomic mass is 10.0. The number of sulfone groups is 1. The van der Waals surface area contributed by atoms with E-state index in [2.05, 4.69) is 44.2 Å². The first-order chi connectivity index (χ1) is 21.7. The molecule has 0 atom stereocenters. The molecule has 2 fully saturated rings. The number of hydrogen-bond donors (Lipinski definition) is 2. The quantitative estimate of drug-likeness (QED) is 0.275. The van der Waals surface area contributed by atoms with Crippen molar-refractivity contribution in [2.45, 2.75) is 42.9 Å². The number of methoxy groups -OCH3 is 1. The van der Waals surface area contributed by atoms with E-state index in [4.69, 9.17) is 15.5 Å². The summed E-state index contributed by atoms with van der Waals surface area (Å²) in [6.07, 6.45) is 2.50. The number of nitrogens with two attached hydrogens (primary N) is 1. The smallest absolute Gasteiger partial charge is 0.229 e. The average molecular weight is 630 g/mol. The van der Waals surface area contributed by atoms with Gasteiger partial charge in [0, 0.05) is 49.5 Å². The molecule has 3 aromatic carbocycles. The van der Waals surface area contributed by atoms with Crippen molar-refractivity contribution in [1.29, 1.82) is 0 Å². The molecule has 6 rings (SSSR count). The van der Waals surface area contributed by atoms with Crippen LogP contribution in [0, 0.1) is 0 Å². The predicted molar refractivity (Wildman–Crippen MR) is 182 cm³/mol. The summed E-state index contributed by atoms with van der Waals surface area (Å²) >= 11 is 0. The summed E-state index contributed by atoms with van der Waals surface area (Å²) in [4.78, 5) is 17.1. The van der Waals surface area contributed by atoms with Gasteiger partial charge in [0.25, 0.3) is 0 Å². The maximum Gasteiger partial charge on any atom is 0.229 e. The van der Waals surface area contributed by atoms with Crippen molar-refractivity contribution in [3.63, 3.8) is 0 Å². The number of ether oxygens (including phenoxy) is 1. The van der Waals surface area contributed by atoms with Crippen molar-refractivity contribution >= 4 is 43.9 Å². The number of fused-ring (bicyclic) bond motifs is 1. The number of piperidine rings is 1. The molecule has 1 aromatic heterocycles. The molecule has 2 aliphatic rings. The lowest BCUT2D eigenvalue weighted by Gasteiger charge is -2.43. The van der Waals surface area contributed by atoms with E-state index in [9.17, 15) is 8.42 Å². The van der Waals surface area contributed by atoms with Crippen molar-refractivity contribution in [3.8, 4) is 16.9 Å². The minimum Gasteiger partial charge on any atom is -0.494 e. The summed E-state index contributed by atoms with van der Waals surface area (Å²) in [6.45, 7) is 9.83. The molecule has 238 valence electrons. The second kappa shape index (κ2) is 12.8. The lowest BCUT2D eigenvalue weighted by molar-refractivity contribution is 0.115. The molecule has 4 aromatic rings. The van der Waals surface area contributed by atoms with E-state index in [0.717, 1.165) is 37.6 Å².